The van der Waals surface area contributed by atoms with Crippen molar-refractivity contribution >= 4 is 0 Å². The summed E-state index contributed by atoms with van der Waals surface area (Å²) in [5.41, 5.74) is 11.1. The second kappa shape index (κ2) is 5.06. The minimum Gasteiger partial charge on any atom is -0.342 e. The molecule has 106 valence electrons. The summed E-state index contributed by atoms with van der Waals surface area (Å²) in [4.78, 5) is 8.04. The third-order valence-corrected chi connectivity index (χ3v) is 4.40. The van der Waals surface area contributed by atoms with Crippen molar-refractivity contribution in [3.8, 4) is 11.3 Å². The highest BCUT2D eigenvalue weighted by Gasteiger charge is 2.23. The molecule has 1 aliphatic carbocycles. The lowest BCUT2D eigenvalue weighted by Crippen LogP contribution is -2.23. The number of aromatic amines is 1. The highest BCUT2D eigenvalue weighted by molar-refractivity contribution is 5.61. The number of imidazole rings is 1. The summed E-state index contributed by atoms with van der Waals surface area (Å²) in [6.45, 7) is 5.05. The van der Waals surface area contributed by atoms with Gasteiger partial charge >= 0.3 is 0 Å². The molecule has 0 fully saturated rings. The molecule has 0 radical (unpaired) electrons. The minimum atomic E-state index is 0.00370. The molecule has 0 amide bonds. The van der Waals surface area contributed by atoms with Crippen LogP contribution in [0.5, 0.6) is 0 Å². The third kappa shape index (κ3) is 2.38. The maximum Gasteiger partial charge on any atom is 0.112 e. The number of rotatable bonds is 4. The number of benzene rings is 1. The Bertz CT molecular complexity index is 610. The van der Waals surface area contributed by atoms with Crippen molar-refractivity contribution in [3.63, 3.8) is 0 Å². The lowest BCUT2D eigenvalue weighted by atomic mass is 9.88. The van der Waals surface area contributed by atoms with E-state index >= 15 is 0 Å². The number of H-pyrrole nitrogens is 1. The molecule has 0 bridgehead atoms. The molecule has 3 nitrogen and oxygen atoms in total. The molecule has 3 rings (SSSR count). The van der Waals surface area contributed by atoms with Crippen LogP contribution < -0.4 is 5.73 Å². The number of aromatic nitrogens is 2. The molecule has 1 aromatic heterocycles. The Morgan fingerprint density at radius 1 is 1.25 bits per heavy atom. The number of hydrogen-bond acceptors (Lipinski definition) is 2. The molecule has 1 heterocycles. The molecule has 0 unspecified atom stereocenters. The Kier molecular flexibility index (Phi) is 3.38. The lowest BCUT2D eigenvalue weighted by molar-refractivity contribution is 0.462. The van der Waals surface area contributed by atoms with Gasteiger partial charge in [-0.1, -0.05) is 26.0 Å². The molecule has 0 spiro atoms. The monoisotopic (exact) mass is 269 g/mol. The van der Waals surface area contributed by atoms with Gasteiger partial charge in [0, 0.05) is 5.41 Å². The summed E-state index contributed by atoms with van der Waals surface area (Å²) in [5.74, 6) is 1.03. The van der Waals surface area contributed by atoms with Crippen molar-refractivity contribution in [2.24, 2.45) is 5.73 Å². The largest absolute Gasteiger partial charge is 0.342 e. The lowest BCUT2D eigenvalue weighted by Gasteiger charge is -2.20. The fraction of sp³-hybridized carbons (Fsp3) is 0.471. The van der Waals surface area contributed by atoms with Crippen LogP contribution in [0.1, 0.15) is 43.6 Å². The van der Waals surface area contributed by atoms with Crippen LogP contribution in [0.3, 0.4) is 0 Å². The van der Waals surface area contributed by atoms with E-state index in [0.717, 1.165) is 17.9 Å². The van der Waals surface area contributed by atoms with Gasteiger partial charge in [0.25, 0.3) is 0 Å². The van der Waals surface area contributed by atoms with Crippen LogP contribution in [0.25, 0.3) is 11.3 Å². The average Bonchev–Trinajstić information content (AvgIpc) is 3.07. The molecular formula is C17H23N3. The van der Waals surface area contributed by atoms with Crippen molar-refractivity contribution in [3.05, 3.63) is 41.3 Å². The van der Waals surface area contributed by atoms with E-state index in [1.54, 1.807) is 0 Å². The van der Waals surface area contributed by atoms with Crippen LogP contribution in [-0.2, 0) is 18.3 Å². The first-order valence-corrected chi connectivity index (χ1v) is 7.48. The van der Waals surface area contributed by atoms with Crippen molar-refractivity contribution in [2.75, 3.05) is 6.54 Å². The van der Waals surface area contributed by atoms with Gasteiger partial charge in [0.2, 0.25) is 0 Å². The minimum absolute atomic E-state index is 0.00370. The quantitative estimate of drug-likeness (QED) is 0.895. The first-order valence-electron chi connectivity index (χ1n) is 7.48. The summed E-state index contributed by atoms with van der Waals surface area (Å²) >= 11 is 0. The zero-order valence-electron chi connectivity index (χ0n) is 12.4. The Morgan fingerprint density at radius 2 is 2.05 bits per heavy atom. The Morgan fingerprint density at radius 3 is 2.85 bits per heavy atom. The zero-order chi connectivity index (χ0) is 14.2. The van der Waals surface area contributed by atoms with Crippen LogP contribution in [0, 0.1) is 0 Å². The zero-order valence-corrected chi connectivity index (χ0v) is 12.4. The summed E-state index contributed by atoms with van der Waals surface area (Å²) in [5, 5.41) is 0. The molecule has 0 saturated heterocycles. The second-order valence-electron chi connectivity index (χ2n) is 6.41. The number of nitrogens with two attached hydrogens (primary N) is 1. The van der Waals surface area contributed by atoms with Gasteiger partial charge in [-0.05, 0) is 55.0 Å². The third-order valence-electron chi connectivity index (χ3n) is 4.40. The maximum atomic E-state index is 5.69. The molecule has 0 saturated carbocycles. The Balaban J connectivity index is 1.90. The smallest absolute Gasteiger partial charge is 0.112 e. The van der Waals surface area contributed by atoms with Gasteiger partial charge in [-0.25, -0.2) is 4.98 Å². The molecule has 0 atom stereocenters. The van der Waals surface area contributed by atoms with Crippen molar-refractivity contribution in [2.45, 2.75) is 44.9 Å². The van der Waals surface area contributed by atoms with Gasteiger partial charge in [-0.3, -0.25) is 0 Å². The van der Waals surface area contributed by atoms with Crippen molar-refractivity contribution < 1.29 is 0 Å². The standard InChI is InChI=1S/C17H23N3/c1-17(2,8-9-18)16-19-11-15(20-16)14-7-6-12-4-3-5-13(12)10-14/h6-7,10-11H,3-5,8-9,18H2,1-2H3,(H,19,20). The van der Waals surface area contributed by atoms with Gasteiger partial charge in [-0.15, -0.1) is 0 Å². The summed E-state index contributed by atoms with van der Waals surface area (Å²) in [7, 11) is 0. The van der Waals surface area contributed by atoms with Crippen LogP contribution in [0.15, 0.2) is 24.4 Å². The predicted octanol–water partition coefficient (Wildman–Crippen LogP) is 3.19. The molecule has 3 heteroatoms. The van der Waals surface area contributed by atoms with E-state index in [0.29, 0.717) is 6.54 Å². The molecule has 1 aliphatic rings. The van der Waals surface area contributed by atoms with Crippen LogP contribution in [0.2, 0.25) is 0 Å². The van der Waals surface area contributed by atoms with Crippen LogP contribution >= 0.6 is 0 Å². The van der Waals surface area contributed by atoms with E-state index < -0.39 is 0 Å². The number of nitrogens with one attached hydrogen (secondary N) is 1. The van der Waals surface area contributed by atoms with Gasteiger partial charge in [0.05, 0.1) is 11.9 Å². The van der Waals surface area contributed by atoms with Crippen molar-refractivity contribution in [1.29, 1.82) is 0 Å². The highest BCUT2D eigenvalue weighted by Crippen LogP contribution is 2.29. The van der Waals surface area contributed by atoms with Gasteiger partial charge in [0.1, 0.15) is 5.82 Å². The SMILES string of the molecule is CC(C)(CCN)c1ncc(-c2ccc3c(c2)CCC3)[nH]1. The van der Waals surface area contributed by atoms with E-state index in [2.05, 4.69) is 42.0 Å². The van der Waals surface area contributed by atoms with Crippen LogP contribution in [0.4, 0.5) is 0 Å². The van der Waals surface area contributed by atoms with Gasteiger partial charge in [0.15, 0.2) is 0 Å². The first-order chi connectivity index (χ1) is 9.60. The van der Waals surface area contributed by atoms with E-state index in [1.807, 2.05) is 6.20 Å². The molecule has 20 heavy (non-hydrogen) atoms. The fourth-order valence-corrected chi connectivity index (χ4v) is 3.03. The number of hydrogen-bond donors (Lipinski definition) is 2. The van der Waals surface area contributed by atoms with Gasteiger partial charge < -0.3 is 10.7 Å². The average molecular weight is 269 g/mol. The number of aryl methyl sites for hydroxylation is 2. The second-order valence-corrected chi connectivity index (χ2v) is 6.41. The Labute approximate surface area is 120 Å². The highest BCUT2D eigenvalue weighted by atomic mass is 14.9. The molecular weight excluding hydrogens is 246 g/mol. The van der Waals surface area contributed by atoms with E-state index in [-0.39, 0.29) is 5.41 Å². The fourth-order valence-electron chi connectivity index (χ4n) is 3.03. The molecule has 0 aliphatic heterocycles. The first kappa shape index (κ1) is 13.4. The summed E-state index contributed by atoms with van der Waals surface area (Å²) in [6, 6.07) is 6.79. The normalized spacial score (nSPS) is 14.6. The number of nitrogens with zero attached hydrogens (tertiary/aromatic N) is 1. The van der Waals surface area contributed by atoms with Crippen molar-refractivity contribution in [1.82, 2.24) is 9.97 Å². The topological polar surface area (TPSA) is 54.7 Å². The van der Waals surface area contributed by atoms with Crippen LogP contribution in [-0.4, -0.2) is 16.5 Å². The maximum absolute atomic E-state index is 5.69. The van der Waals surface area contributed by atoms with E-state index in [4.69, 9.17) is 5.73 Å². The Hall–Kier alpha value is -1.61. The molecule has 3 N–H and O–H groups in total. The molecule has 1 aromatic carbocycles. The van der Waals surface area contributed by atoms with Gasteiger partial charge in [-0.2, -0.15) is 0 Å². The van der Waals surface area contributed by atoms with E-state index in [9.17, 15) is 0 Å². The summed E-state index contributed by atoms with van der Waals surface area (Å²) < 4.78 is 0. The van der Waals surface area contributed by atoms with E-state index in [1.165, 1.54) is 36.0 Å². The summed E-state index contributed by atoms with van der Waals surface area (Å²) in [6.07, 6.45) is 6.61. The number of fused-ring (bicyclic) bond motifs is 1. The predicted molar refractivity (Wildman–Crippen MR) is 82.7 cm³/mol. The molecule has 2 aromatic rings.